The molecule has 0 bridgehead atoms. The van der Waals surface area contributed by atoms with Crippen molar-refractivity contribution in [2.75, 3.05) is 38.0 Å². The van der Waals surface area contributed by atoms with Gasteiger partial charge in [-0.15, -0.1) is 0 Å². The Balaban J connectivity index is 0.918. The van der Waals surface area contributed by atoms with Gasteiger partial charge in [0.25, 0.3) is 11.8 Å². The van der Waals surface area contributed by atoms with Crippen LogP contribution >= 0.6 is 0 Å². The van der Waals surface area contributed by atoms with Crippen molar-refractivity contribution in [2.45, 2.75) is 54.8 Å². The highest BCUT2D eigenvalue weighted by Crippen LogP contribution is 2.47. The number of nitrogens with zero attached hydrogens (tertiary/aromatic N) is 8. The van der Waals surface area contributed by atoms with Crippen molar-refractivity contribution in [1.29, 1.82) is 0 Å². The van der Waals surface area contributed by atoms with Crippen molar-refractivity contribution in [1.82, 2.24) is 43.8 Å². The van der Waals surface area contributed by atoms with Crippen LogP contribution in [0.5, 0.6) is 11.5 Å². The van der Waals surface area contributed by atoms with Crippen molar-refractivity contribution in [3.05, 3.63) is 193 Å². The Morgan fingerprint density at radius 2 is 1.04 bits per heavy atom. The summed E-state index contributed by atoms with van der Waals surface area (Å²) in [7, 11) is -2.02. The first-order valence-electron chi connectivity index (χ1n) is 24.9. The normalized spacial score (nSPS) is 21.2. The predicted octanol–water partition coefficient (Wildman–Crippen LogP) is 6.25. The third-order valence-electron chi connectivity index (χ3n) is 13.7. The molecule has 2 amide bonds. The minimum atomic E-state index is -5.06. The molecule has 2 aliphatic rings. The Morgan fingerprint density at radius 1 is 0.600 bits per heavy atom. The van der Waals surface area contributed by atoms with Gasteiger partial charge in [-0.25, -0.2) is 42.9 Å². The molecule has 0 spiro atoms. The lowest BCUT2D eigenvalue weighted by molar-refractivity contribution is -0.0917. The number of fused-ring (bicyclic) bond motifs is 2. The van der Waals surface area contributed by atoms with Crippen LogP contribution < -0.4 is 24.8 Å². The number of benzene rings is 5. The summed E-state index contributed by atoms with van der Waals surface area (Å²) in [4.78, 5) is 52.1. The standard InChI is InChI=1S/C55H49F2N11O11S/c1-74-37-22-18-35(19-23-37)55(34-16-10-5-11-17-34,36-20-24-38(75-2)25-21-36)78-45-39(76-53(41(45)56)67-30-62-43-47(58-28-60-49(43)67)65-51(70)32-12-6-3-7-13-32)26-64-80(72,73)79-46-40(27-69)77-54(42(46)57)68-31-63-44-48(59-29-61-50(44)68)66-52(71)33-14-8-4-9-15-33/h3-25,28-31,39-42,45-46,53-54,64,69H,26-27H2,1-2H3,(H,58,60,65,70)(H,59,61,66,71)/t39-,40-,41-,42-,45-,46-,53-,54-/m1/s1. The van der Waals surface area contributed by atoms with Crippen molar-refractivity contribution in [3.63, 3.8) is 0 Å². The van der Waals surface area contributed by atoms with Crippen LogP contribution in [-0.4, -0.2) is 129 Å². The van der Waals surface area contributed by atoms with Gasteiger partial charge in [0.15, 0.2) is 58.8 Å². The number of carbonyl (C=O) groups excluding carboxylic acids is 2. The number of halogens is 2. The Hall–Kier alpha value is -8.69. The first kappa shape index (κ1) is 53.3. The van der Waals surface area contributed by atoms with E-state index in [0.717, 1.165) is 17.2 Å². The maximum Gasteiger partial charge on any atom is 0.336 e. The van der Waals surface area contributed by atoms with Crippen LogP contribution in [-0.2, 0) is 34.3 Å². The zero-order valence-electron chi connectivity index (χ0n) is 42.4. The molecule has 2 saturated heterocycles. The number of anilines is 2. The molecule has 410 valence electrons. The number of nitrogens with one attached hydrogen (secondary N) is 3. The summed E-state index contributed by atoms with van der Waals surface area (Å²) in [6.07, 6.45) is -9.67. The number of hydrogen-bond donors (Lipinski definition) is 4. The fourth-order valence-electron chi connectivity index (χ4n) is 9.80. The molecule has 8 atom stereocenters. The van der Waals surface area contributed by atoms with Crippen molar-refractivity contribution in [3.8, 4) is 11.5 Å². The molecule has 2 aliphatic heterocycles. The molecule has 6 heterocycles. The van der Waals surface area contributed by atoms with Gasteiger partial charge in [0.2, 0.25) is 0 Å². The van der Waals surface area contributed by atoms with Crippen LogP contribution in [0.1, 0.15) is 49.9 Å². The van der Waals surface area contributed by atoms with Gasteiger partial charge in [0.1, 0.15) is 54.2 Å². The number of aromatic nitrogens is 8. The van der Waals surface area contributed by atoms with Crippen LogP contribution in [0.4, 0.5) is 20.4 Å². The average Bonchev–Trinajstić information content (AvgIpc) is 4.31. The molecular weight excluding hydrogens is 1060 g/mol. The largest absolute Gasteiger partial charge is 0.497 e. The molecule has 11 rings (SSSR count). The molecule has 2 fully saturated rings. The number of imidazole rings is 2. The summed E-state index contributed by atoms with van der Waals surface area (Å²) in [6, 6.07) is 39.6. The third kappa shape index (κ3) is 10.3. The Labute approximate surface area is 455 Å². The SMILES string of the molecule is COc1ccc(C(O[C@H]2[C@@H](F)[C@H](n3cnc4c(NC(=O)c5ccccc5)ncnc43)O[C@@H]2CNS(=O)(=O)O[C@H]2[C@@H](F)[C@H](n3cnc4c(NC(=O)c5ccccc5)ncnc43)O[C@@H]2CO)(c2ccccc2)c2ccc(OC)cc2)cc1. The quantitative estimate of drug-likeness (QED) is 0.0652. The molecule has 0 radical (unpaired) electrons. The van der Waals surface area contributed by atoms with Gasteiger partial charge in [0.05, 0.1) is 33.5 Å². The summed E-state index contributed by atoms with van der Waals surface area (Å²) < 4.78 is 104. The van der Waals surface area contributed by atoms with E-state index < -0.39 is 90.1 Å². The average molecular weight is 1110 g/mol. The minimum Gasteiger partial charge on any atom is -0.497 e. The molecule has 0 saturated carbocycles. The number of aliphatic hydroxyl groups is 1. The van der Waals surface area contributed by atoms with E-state index in [4.69, 9.17) is 27.9 Å². The molecule has 4 aromatic heterocycles. The second-order valence-corrected chi connectivity index (χ2v) is 19.8. The van der Waals surface area contributed by atoms with Gasteiger partial charge in [-0.2, -0.15) is 13.1 Å². The molecule has 9 aromatic rings. The molecule has 4 N–H and O–H groups in total. The minimum absolute atomic E-state index is 0.00375. The van der Waals surface area contributed by atoms with Crippen molar-refractivity contribution in [2.24, 2.45) is 0 Å². The van der Waals surface area contributed by atoms with Crippen LogP contribution in [0.3, 0.4) is 0 Å². The van der Waals surface area contributed by atoms with Crippen molar-refractivity contribution < 1.29 is 59.8 Å². The number of amides is 2. The molecule has 22 nitrogen and oxygen atoms in total. The summed E-state index contributed by atoms with van der Waals surface area (Å²) in [6.45, 7) is -1.62. The first-order valence-corrected chi connectivity index (χ1v) is 26.3. The van der Waals surface area contributed by atoms with Gasteiger partial charge in [0, 0.05) is 17.7 Å². The second-order valence-electron chi connectivity index (χ2n) is 18.4. The number of aliphatic hydroxyl groups excluding tert-OH is 1. The van der Waals surface area contributed by atoms with E-state index in [1.165, 1.54) is 31.4 Å². The van der Waals surface area contributed by atoms with E-state index in [1.54, 1.807) is 140 Å². The maximum absolute atomic E-state index is 18.2. The van der Waals surface area contributed by atoms with Gasteiger partial charge < -0.3 is 39.4 Å². The number of rotatable bonds is 19. The van der Waals surface area contributed by atoms with Crippen LogP contribution in [0, 0.1) is 0 Å². The number of carbonyl (C=O) groups is 2. The zero-order valence-corrected chi connectivity index (χ0v) is 43.2. The fraction of sp³-hybridized carbons (Fsp3) is 0.236. The molecule has 0 unspecified atom stereocenters. The highest BCUT2D eigenvalue weighted by atomic mass is 32.2. The van der Waals surface area contributed by atoms with Gasteiger partial charge >= 0.3 is 10.3 Å². The van der Waals surface area contributed by atoms with E-state index in [-0.39, 0.29) is 34.0 Å². The predicted molar refractivity (Wildman–Crippen MR) is 283 cm³/mol. The van der Waals surface area contributed by atoms with E-state index in [9.17, 15) is 23.1 Å². The lowest BCUT2D eigenvalue weighted by atomic mass is 9.79. The topological polar surface area (TPSA) is 267 Å². The smallest absolute Gasteiger partial charge is 0.336 e. The number of alkyl halides is 2. The second kappa shape index (κ2) is 22.6. The lowest BCUT2D eigenvalue weighted by Crippen LogP contribution is -2.47. The van der Waals surface area contributed by atoms with E-state index in [2.05, 4.69) is 45.3 Å². The van der Waals surface area contributed by atoms with E-state index in [1.807, 2.05) is 0 Å². The highest BCUT2D eigenvalue weighted by molar-refractivity contribution is 7.84. The molecule has 80 heavy (non-hydrogen) atoms. The van der Waals surface area contributed by atoms with E-state index in [0.29, 0.717) is 39.3 Å². The number of methoxy groups -OCH3 is 2. The summed E-state index contributed by atoms with van der Waals surface area (Å²) in [5, 5.41) is 15.8. The molecule has 0 aliphatic carbocycles. The van der Waals surface area contributed by atoms with Gasteiger partial charge in [-0.3, -0.25) is 18.7 Å². The Morgan fingerprint density at radius 3 is 1.50 bits per heavy atom. The molecule has 25 heteroatoms. The zero-order chi connectivity index (χ0) is 55.5. The van der Waals surface area contributed by atoms with Gasteiger partial charge in [-0.05, 0) is 65.2 Å². The highest BCUT2D eigenvalue weighted by Gasteiger charge is 2.54. The monoisotopic (exact) mass is 1110 g/mol. The van der Waals surface area contributed by atoms with Gasteiger partial charge in [-0.1, -0.05) is 91.0 Å². The third-order valence-corrected chi connectivity index (χ3v) is 14.7. The van der Waals surface area contributed by atoms with Crippen molar-refractivity contribution >= 4 is 56.1 Å². The van der Waals surface area contributed by atoms with E-state index >= 15 is 8.78 Å². The summed E-state index contributed by atoms with van der Waals surface area (Å²) in [5.41, 5.74) is 0.764. The first-order chi connectivity index (χ1) is 38.9. The summed E-state index contributed by atoms with van der Waals surface area (Å²) >= 11 is 0. The van der Waals surface area contributed by atoms with Crippen LogP contribution in [0.15, 0.2) is 165 Å². The number of ether oxygens (including phenoxy) is 5. The fourth-order valence-corrected chi connectivity index (χ4v) is 10.8. The maximum atomic E-state index is 18.2. The Kier molecular flexibility index (Phi) is 15.0. The molecular formula is C55H49F2N11O11S. The lowest BCUT2D eigenvalue weighted by Gasteiger charge is -2.39. The van der Waals surface area contributed by atoms with Crippen LogP contribution in [0.25, 0.3) is 22.3 Å². The van der Waals surface area contributed by atoms with Crippen LogP contribution in [0.2, 0.25) is 0 Å². The summed E-state index contributed by atoms with van der Waals surface area (Å²) in [5.74, 6) is 0.0611. The molecule has 5 aromatic carbocycles. The number of hydrogen-bond acceptors (Lipinski definition) is 17. The Bertz CT molecular complexity index is 3710.